The topological polar surface area (TPSA) is 71.5 Å². The highest BCUT2D eigenvalue weighted by Crippen LogP contribution is 2.28. The van der Waals surface area contributed by atoms with E-state index in [1.165, 1.54) is 0 Å². The summed E-state index contributed by atoms with van der Waals surface area (Å²) in [5.41, 5.74) is 2.50. The smallest absolute Gasteiger partial charge is 0.410 e. The van der Waals surface area contributed by atoms with E-state index in [1.807, 2.05) is 46.9 Å². The molecule has 3 rings (SSSR count). The van der Waals surface area contributed by atoms with Crippen LogP contribution in [0.25, 0.3) is 11.4 Å². The SMILES string of the molecule is Cc1nc(-c2cccnc2)nc(N2CCC(N(C)C(=O)OC(C)(C)C)CC2)c1C. The third-order valence-electron chi connectivity index (χ3n) is 5.28. The third-order valence-corrected chi connectivity index (χ3v) is 5.28. The predicted molar refractivity (Wildman–Crippen MR) is 114 cm³/mol. The average Bonchev–Trinajstić information content (AvgIpc) is 2.69. The van der Waals surface area contributed by atoms with E-state index in [0.29, 0.717) is 5.82 Å². The van der Waals surface area contributed by atoms with Crippen molar-refractivity contribution in [2.75, 3.05) is 25.0 Å². The van der Waals surface area contributed by atoms with Gasteiger partial charge in [0.1, 0.15) is 11.4 Å². The maximum Gasteiger partial charge on any atom is 0.410 e. The predicted octanol–water partition coefficient (Wildman–Crippen LogP) is 3.99. The van der Waals surface area contributed by atoms with Crippen molar-refractivity contribution in [3.8, 4) is 11.4 Å². The van der Waals surface area contributed by atoms with Gasteiger partial charge in [0.2, 0.25) is 0 Å². The van der Waals surface area contributed by atoms with Gasteiger partial charge in [0.25, 0.3) is 0 Å². The summed E-state index contributed by atoms with van der Waals surface area (Å²) in [6.07, 6.45) is 5.03. The van der Waals surface area contributed by atoms with Crippen LogP contribution in [0.5, 0.6) is 0 Å². The highest BCUT2D eigenvalue weighted by molar-refractivity contribution is 5.68. The van der Waals surface area contributed by atoms with Gasteiger partial charge in [0, 0.05) is 55.4 Å². The number of ether oxygens (including phenoxy) is 1. The number of rotatable bonds is 3. The van der Waals surface area contributed by atoms with Crippen molar-refractivity contribution in [3.63, 3.8) is 0 Å². The molecule has 1 aliphatic heterocycles. The molecule has 0 atom stereocenters. The van der Waals surface area contributed by atoms with Gasteiger partial charge < -0.3 is 14.5 Å². The van der Waals surface area contributed by atoms with Gasteiger partial charge in [-0.1, -0.05) is 0 Å². The molecule has 1 amide bonds. The first-order valence-corrected chi connectivity index (χ1v) is 10.1. The molecule has 1 saturated heterocycles. The van der Waals surface area contributed by atoms with Crippen molar-refractivity contribution < 1.29 is 9.53 Å². The fourth-order valence-corrected chi connectivity index (χ4v) is 3.49. The van der Waals surface area contributed by atoms with Crippen LogP contribution in [0, 0.1) is 13.8 Å². The second-order valence-corrected chi connectivity index (χ2v) is 8.63. The Morgan fingerprint density at radius 3 is 2.48 bits per heavy atom. The van der Waals surface area contributed by atoms with E-state index in [9.17, 15) is 4.79 Å². The Morgan fingerprint density at radius 2 is 1.90 bits per heavy atom. The zero-order chi connectivity index (χ0) is 21.2. The first-order valence-electron chi connectivity index (χ1n) is 10.1. The lowest BCUT2D eigenvalue weighted by Gasteiger charge is -2.38. The van der Waals surface area contributed by atoms with E-state index < -0.39 is 5.60 Å². The van der Waals surface area contributed by atoms with E-state index in [-0.39, 0.29) is 12.1 Å². The van der Waals surface area contributed by atoms with Crippen molar-refractivity contribution in [2.24, 2.45) is 0 Å². The fraction of sp³-hybridized carbons (Fsp3) is 0.545. The lowest BCUT2D eigenvalue weighted by atomic mass is 10.0. The minimum atomic E-state index is -0.482. The van der Waals surface area contributed by atoms with Crippen LogP contribution in [-0.2, 0) is 4.74 Å². The minimum Gasteiger partial charge on any atom is -0.444 e. The minimum absolute atomic E-state index is 0.169. The molecule has 1 fully saturated rings. The second kappa shape index (κ2) is 8.35. The number of piperidine rings is 1. The maximum atomic E-state index is 12.4. The third kappa shape index (κ3) is 5.02. The number of anilines is 1. The number of pyridine rings is 1. The van der Waals surface area contributed by atoms with Crippen LogP contribution in [0.4, 0.5) is 10.6 Å². The van der Waals surface area contributed by atoms with E-state index in [0.717, 1.165) is 48.6 Å². The van der Waals surface area contributed by atoms with Crippen LogP contribution in [-0.4, -0.2) is 57.7 Å². The molecular weight excluding hydrogens is 366 g/mol. The number of aromatic nitrogens is 3. The van der Waals surface area contributed by atoms with Crippen molar-refractivity contribution in [1.82, 2.24) is 19.9 Å². The molecule has 0 saturated carbocycles. The summed E-state index contributed by atoms with van der Waals surface area (Å²) in [6.45, 7) is 11.4. The van der Waals surface area contributed by atoms with Crippen molar-refractivity contribution >= 4 is 11.9 Å². The number of amides is 1. The standard InChI is InChI=1S/C22H31N5O2/c1-15-16(2)24-19(17-8-7-11-23-14-17)25-20(15)27-12-9-18(10-13-27)26(6)21(28)29-22(3,4)5/h7-8,11,14,18H,9-10,12-13H2,1-6H3. The molecule has 7 heteroatoms. The van der Waals surface area contributed by atoms with Gasteiger partial charge in [-0.2, -0.15) is 0 Å². The number of hydrogen-bond donors (Lipinski definition) is 0. The Bertz CT molecular complexity index is 855. The van der Waals surface area contributed by atoms with Crippen LogP contribution in [0.1, 0.15) is 44.9 Å². The zero-order valence-electron chi connectivity index (χ0n) is 18.3. The Morgan fingerprint density at radius 1 is 1.21 bits per heavy atom. The molecule has 0 bridgehead atoms. The second-order valence-electron chi connectivity index (χ2n) is 8.63. The van der Waals surface area contributed by atoms with Gasteiger partial charge in [-0.3, -0.25) is 4.98 Å². The van der Waals surface area contributed by atoms with E-state index in [1.54, 1.807) is 17.3 Å². The molecule has 0 spiro atoms. The summed E-state index contributed by atoms with van der Waals surface area (Å²) in [6, 6.07) is 4.04. The van der Waals surface area contributed by atoms with E-state index in [4.69, 9.17) is 9.72 Å². The number of aryl methyl sites for hydroxylation is 1. The monoisotopic (exact) mass is 397 g/mol. The molecule has 2 aromatic rings. The molecule has 0 N–H and O–H groups in total. The molecule has 2 aromatic heterocycles. The Hall–Kier alpha value is -2.70. The first kappa shape index (κ1) is 21.0. The molecule has 0 aromatic carbocycles. The largest absolute Gasteiger partial charge is 0.444 e. The number of carbonyl (C=O) groups is 1. The van der Waals surface area contributed by atoms with Crippen LogP contribution < -0.4 is 4.90 Å². The van der Waals surface area contributed by atoms with Crippen LogP contribution in [0.2, 0.25) is 0 Å². The summed E-state index contributed by atoms with van der Waals surface area (Å²) in [7, 11) is 1.83. The quantitative estimate of drug-likeness (QED) is 0.780. The number of carbonyl (C=O) groups excluding carboxylic acids is 1. The van der Waals surface area contributed by atoms with Crippen molar-refractivity contribution in [1.29, 1.82) is 0 Å². The number of hydrogen-bond acceptors (Lipinski definition) is 6. The summed E-state index contributed by atoms with van der Waals surface area (Å²) in [5.74, 6) is 1.67. The van der Waals surface area contributed by atoms with Gasteiger partial charge in [0.05, 0.1) is 0 Å². The van der Waals surface area contributed by atoms with Gasteiger partial charge in [-0.25, -0.2) is 14.8 Å². The van der Waals surface area contributed by atoms with Crippen LogP contribution in [0.3, 0.4) is 0 Å². The molecule has 0 aliphatic carbocycles. The average molecular weight is 398 g/mol. The molecular formula is C22H31N5O2. The number of nitrogens with zero attached hydrogens (tertiary/aromatic N) is 5. The van der Waals surface area contributed by atoms with Gasteiger partial charge in [0.15, 0.2) is 5.82 Å². The van der Waals surface area contributed by atoms with Gasteiger partial charge in [-0.05, 0) is 59.6 Å². The highest BCUT2D eigenvalue weighted by Gasteiger charge is 2.29. The highest BCUT2D eigenvalue weighted by atomic mass is 16.6. The van der Waals surface area contributed by atoms with E-state index >= 15 is 0 Å². The Kier molecular flexibility index (Phi) is 6.05. The van der Waals surface area contributed by atoms with Crippen LogP contribution in [0.15, 0.2) is 24.5 Å². The molecule has 0 radical (unpaired) electrons. The first-order chi connectivity index (χ1) is 13.7. The Balaban J connectivity index is 1.72. The Labute approximate surface area is 173 Å². The zero-order valence-corrected chi connectivity index (χ0v) is 18.3. The molecule has 156 valence electrons. The maximum absolute atomic E-state index is 12.4. The molecule has 29 heavy (non-hydrogen) atoms. The van der Waals surface area contributed by atoms with Gasteiger partial charge in [-0.15, -0.1) is 0 Å². The van der Waals surface area contributed by atoms with Crippen molar-refractivity contribution in [2.45, 2.75) is 59.1 Å². The normalized spacial score (nSPS) is 15.3. The van der Waals surface area contributed by atoms with Gasteiger partial charge >= 0.3 is 6.09 Å². The summed E-state index contributed by atoms with van der Waals surface area (Å²) >= 11 is 0. The summed E-state index contributed by atoms with van der Waals surface area (Å²) in [4.78, 5) is 30.1. The lowest BCUT2D eigenvalue weighted by Crippen LogP contribution is -2.47. The molecule has 0 unspecified atom stereocenters. The molecule has 1 aliphatic rings. The van der Waals surface area contributed by atoms with Crippen molar-refractivity contribution in [3.05, 3.63) is 35.8 Å². The summed E-state index contributed by atoms with van der Waals surface area (Å²) in [5, 5.41) is 0. The van der Waals surface area contributed by atoms with E-state index in [2.05, 4.69) is 21.8 Å². The molecule has 7 nitrogen and oxygen atoms in total. The molecule has 3 heterocycles. The fourth-order valence-electron chi connectivity index (χ4n) is 3.49. The summed E-state index contributed by atoms with van der Waals surface area (Å²) < 4.78 is 5.51. The van der Waals surface area contributed by atoms with Crippen LogP contribution >= 0.6 is 0 Å². The lowest BCUT2D eigenvalue weighted by molar-refractivity contribution is 0.0201.